The standard InChI is InChI=1S/C13H14N2O/c1-9-4-5-11(10(2)6-9)13-12(7-16)15(3)8-14-13/h4-8H,1-3H3. The lowest BCUT2D eigenvalue weighted by Crippen LogP contribution is -1.95. The summed E-state index contributed by atoms with van der Waals surface area (Å²) in [5.41, 5.74) is 4.75. The van der Waals surface area contributed by atoms with Crippen LogP contribution in [-0.2, 0) is 7.05 Å². The van der Waals surface area contributed by atoms with E-state index in [1.807, 2.05) is 26.1 Å². The van der Waals surface area contributed by atoms with Crippen LogP contribution in [0.2, 0.25) is 0 Å². The number of imidazole rings is 1. The van der Waals surface area contributed by atoms with Crippen molar-refractivity contribution < 1.29 is 4.79 Å². The van der Waals surface area contributed by atoms with Gasteiger partial charge in [0.15, 0.2) is 6.29 Å². The molecule has 0 aliphatic carbocycles. The van der Waals surface area contributed by atoms with E-state index in [-0.39, 0.29) is 0 Å². The molecule has 2 rings (SSSR count). The van der Waals surface area contributed by atoms with Gasteiger partial charge < -0.3 is 4.57 Å². The third kappa shape index (κ3) is 1.65. The van der Waals surface area contributed by atoms with Crippen LogP contribution in [0.4, 0.5) is 0 Å². The van der Waals surface area contributed by atoms with Gasteiger partial charge in [-0.05, 0) is 19.4 Å². The summed E-state index contributed by atoms with van der Waals surface area (Å²) in [5, 5.41) is 0. The number of aryl methyl sites for hydroxylation is 3. The van der Waals surface area contributed by atoms with Crippen LogP contribution in [0.25, 0.3) is 11.3 Å². The lowest BCUT2D eigenvalue weighted by atomic mass is 10.0. The van der Waals surface area contributed by atoms with Crippen molar-refractivity contribution in [3.63, 3.8) is 0 Å². The summed E-state index contributed by atoms with van der Waals surface area (Å²) >= 11 is 0. The third-order valence-corrected chi connectivity index (χ3v) is 2.73. The minimum Gasteiger partial charge on any atom is -0.331 e. The van der Waals surface area contributed by atoms with Crippen LogP contribution in [0.15, 0.2) is 24.5 Å². The molecular formula is C13H14N2O. The summed E-state index contributed by atoms with van der Waals surface area (Å²) in [5.74, 6) is 0. The summed E-state index contributed by atoms with van der Waals surface area (Å²) in [6, 6.07) is 6.14. The second-order valence-corrected chi connectivity index (χ2v) is 4.03. The predicted octanol–water partition coefficient (Wildman–Crippen LogP) is 2.52. The summed E-state index contributed by atoms with van der Waals surface area (Å²) < 4.78 is 1.74. The molecule has 0 amide bonds. The molecule has 3 heteroatoms. The van der Waals surface area contributed by atoms with E-state index in [4.69, 9.17) is 0 Å². The highest BCUT2D eigenvalue weighted by molar-refractivity contribution is 5.84. The first kappa shape index (κ1) is 10.6. The summed E-state index contributed by atoms with van der Waals surface area (Å²) in [6.07, 6.45) is 2.51. The average molecular weight is 214 g/mol. The van der Waals surface area contributed by atoms with Crippen LogP contribution in [0.5, 0.6) is 0 Å². The highest BCUT2D eigenvalue weighted by atomic mass is 16.1. The monoisotopic (exact) mass is 214 g/mol. The van der Waals surface area contributed by atoms with Crippen LogP contribution in [-0.4, -0.2) is 15.8 Å². The molecule has 0 unspecified atom stereocenters. The number of hydrogen-bond donors (Lipinski definition) is 0. The predicted molar refractivity (Wildman–Crippen MR) is 63.5 cm³/mol. The maximum atomic E-state index is 11.0. The van der Waals surface area contributed by atoms with E-state index in [2.05, 4.69) is 18.0 Å². The molecule has 0 saturated heterocycles. The molecule has 0 fully saturated rings. The largest absolute Gasteiger partial charge is 0.331 e. The minimum absolute atomic E-state index is 0.618. The van der Waals surface area contributed by atoms with Gasteiger partial charge in [0.25, 0.3) is 0 Å². The van der Waals surface area contributed by atoms with Gasteiger partial charge in [0.05, 0.1) is 12.0 Å². The first-order valence-corrected chi connectivity index (χ1v) is 5.17. The fourth-order valence-corrected chi connectivity index (χ4v) is 1.87. The van der Waals surface area contributed by atoms with E-state index in [0.29, 0.717) is 5.69 Å². The minimum atomic E-state index is 0.618. The van der Waals surface area contributed by atoms with Crippen LogP contribution >= 0.6 is 0 Å². The Labute approximate surface area is 94.7 Å². The zero-order valence-electron chi connectivity index (χ0n) is 9.69. The van der Waals surface area contributed by atoms with Gasteiger partial charge in [0, 0.05) is 12.6 Å². The number of rotatable bonds is 2. The fraction of sp³-hybridized carbons (Fsp3) is 0.231. The number of hydrogen-bond acceptors (Lipinski definition) is 2. The zero-order chi connectivity index (χ0) is 11.7. The van der Waals surface area contributed by atoms with Crippen LogP contribution < -0.4 is 0 Å². The maximum Gasteiger partial charge on any atom is 0.168 e. The fourth-order valence-electron chi connectivity index (χ4n) is 1.87. The van der Waals surface area contributed by atoms with Gasteiger partial charge in [-0.3, -0.25) is 4.79 Å². The zero-order valence-corrected chi connectivity index (χ0v) is 9.69. The molecule has 0 atom stereocenters. The molecule has 1 aromatic carbocycles. The Balaban J connectivity index is 2.63. The molecule has 2 aromatic rings. The van der Waals surface area contributed by atoms with Crippen molar-refractivity contribution in [1.82, 2.24) is 9.55 Å². The summed E-state index contributed by atoms with van der Waals surface area (Å²) in [6.45, 7) is 4.08. The summed E-state index contributed by atoms with van der Waals surface area (Å²) in [4.78, 5) is 15.3. The lowest BCUT2D eigenvalue weighted by Gasteiger charge is -2.05. The Morgan fingerprint density at radius 1 is 1.31 bits per heavy atom. The topological polar surface area (TPSA) is 34.9 Å². The molecule has 0 spiro atoms. The van der Waals surface area contributed by atoms with Gasteiger partial charge in [-0.2, -0.15) is 0 Å². The van der Waals surface area contributed by atoms with E-state index in [1.54, 1.807) is 10.9 Å². The molecule has 1 heterocycles. The van der Waals surface area contributed by atoms with Crippen molar-refractivity contribution in [2.75, 3.05) is 0 Å². The van der Waals surface area contributed by atoms with Crippen molar-refractivity contribution in [2.24, 2.45) is 7.05 Å². The Bertz CT molecular complexity index is 541. The van der Waals surface area contributed by atoms with Crippen molar-refractivity contribution in [1.29, 1.82) is 0 Å². The van der Waals surface area contributed by atoms with Crippen molar-refractivity contribution >= 4 is 6.29 Å². The van der Waals surface area contributed by atoms with Gasteiger partial charge in [-0.15, -0.1) is 0 Å². The average Bonchev–Trinajstić information content (AvgIpc) is 2.59. The van der Waals surface area contributed by atoms with Crippen molar-refractivity contribution in [3.8, 4) is 11.3 Å². The number of benzene rings is 1. The van der Waals surface area contributed by atoms with Crippen LogP contribution in [0.1, 0.15) is 21.6 Å². The van der Waals surface area contributed by atoms with Gasteiger partial charge in [-0.25, -0.2) is 4.98 Å². The molecule has 0 radical (unpaired) electrons. The highest BCUT2D eigenvalue weighted by Crippen LogP contribution is 2.24. The third-order valence-electron chi connectivity index (χ3n) is 2.73. The van der Waals surface area contributed by atoms with E-state index < -0.39 is 0 Å². The molecule has 0 bridgehead atoms. The van der Waals surface area contributed by atoms with E-state index >= 15 is 0 Å². The second-order valence-electron chi connectivity index (χ2n) is 4.03. The molecule has 0 N–H and O–H groups in total. The van der Waals surface area contributed by atoms with Crippen molar-refractivity contribution in [3.05, 3.63) is 41.3 Å². The smallest absolute Gasteiger partial charge is 0.168 e. The number of carbonyl (C=O) groups excluding carboxylic acids is 1. The van der Waals surface area contributed by atoms with E-state index in [0.717, 1.165) is 23.1 Å². The molecule has 3 nitrogen and oxygen atoms in total. The van der Waals surface area contributed by atoms with Gasteiger partial charge in [0.2, 0.25) is 0 Å². The van der Waals surface area contributed by atoms with E-state index in [1.165, 1.54) is 5.56 Å². The van der Waals surface area contributed by atoms with Crippen molar-refractivity contribution in [2.45, 2.75) is 13.8 Å². The molecule has 1 aromatic heterocycles. The van der Waals surface area contributed by atoms with Gasteiger partial charge in [-0.1, -0.05) is 23.8 Å². The van der Waals surface area contributed by atoms with Gasteiger partial charge >= 0.3 is 0 Å². The Kier molecular flexibility index (Phi) is 2.60. The van der Waals surface area contributed by atoms with Crippen LogP contribution in [0.3, 0.4) is 0 Å². The number of nitrogens with zero attached hydrogens (tertiary/aromatic N) is 2. The normalized spacial score (nSPS) is 10.4. The molecule has 0 saturated carbocycles. The highest BCUT2D eigenvalue weighted by Gasteiger charge is 2.11. The first-order chi connectivity index (χ1) is 7.63. The number of aldehydes is 1. The first-order valence-electron chi connectivity index (χ1n) is 5.17. The Morgan fingerprint density at radius 2 is 2.06 bits per heavy atom. The maximum absolute atomic E-state index is 11.0. The van der Waals surface area contributed by atoms with Gasteiger partial charge in [0.1, 0.15) is 5.69 Å². The number of carbonyl (C=O) groups is 1. The molecule has 0 aliphatic rings. The molecular weight excluding hydrogens is 200 g/mol. The van der Waals surface area contributed by atoms with E-state index in [9.17, 15) is 4.79 Å². The molecule has 82 valence electrons. The number of aromatic nitrogens is 2. The Hall–Kier alpha value is -1.90. The molecule has 16 heavy (non-hydrogen) atoms. The summed E-state index contributed by atoms with van der Waals surface area (Å²) in [7, 11) is 1.82. The molecule has 0 aliphatic heterocycles. The Morgan fingerprint density at radius 3 is 2.69 bits per heavy atom. The van der Waals surface area contributed by atoms with Crippen LogP contribution in [0, 0.1) is 13.8 Å². The second kappa shape index (κ2) is 3.93. The lowest BCUT2D eigenvalue weighted by molar-refractivity contribution is 0.111. The SMILES string of the molecule is Cc1ccc(-c2ncn(C)c2C=O)c(C)c1. The quantitative estimate of drug-likeness (QED) is 0.720.